The molecule has 2 aromatic heterocycles. The van der Waals surface area contributed by atoms with Gasteiger partial charge in [-0.1, -0.05) is 13.3 Å². The second-order valence-corrected chi connectivity index (χ2v) is 5.39. The van der Waals surface area contributed by atoms with E-state index in [2.05, 4.69) is 42.1 Å². The van der Waals surface area contributed by atoms with Crippen molar-refractivity contribution in [2.75, 3.05) is 18.0 Å². The lowest BCUT2D eigenvalue weighted by molar-refractivity contribution is 0.568. The van der Waals surface area contributed by atoms with Gasteiger partial charge in [0.1, 0.15) is 0 Å². The molecule has 1 aliphatic rings. The molecule has 1 atom stereocenters. The third kappa shape index (κ3) is 1.82. The first kappa shape index (κ1) is 11.0. The van der Waals surface area contributed by atoms with Crippen LogP contribution < -0.4 is 4.90 Å². The molecule has 3 heterocycles. The molecule has 2 aromatic rings. The Bertz CT molecular complexity index is 536. The molecule has 0 radical (unpaired) electrons. The molecular formula is C12H15BrN4. The normalized spacial score (nSPS) is 20.4. The van der Waals surface area contributed by atoms with Crippen LogP contribution in [0.15, 0.2) is 23.1 Å². The number of rotatable bonds is 2. The molecule has 1 fully saturated rings. The van der Waals surface area contributed by atoms with Gasteiger partial charge in [0.25, 0.3) is 0 Å². The molecule has 90 valence electrons. The Balaban J connectivity index is 2.01. The van der Waals surface area contributed by atoms with E-state index in [4.69, 9.17) is 0 Å². The summed E-state index contributed by atoms with van der Waals surface area (Å²) in [5, 5.41) is 0. The van der Waals surface area contributed by atoms with Crippen LogP contribution in [0.1, 0.15) is 19.8 Å². The second kappa shape index (κ2) is 4.29. The van der Waals surface area contributed by atoms with Crippen molar-refractivity contribution < 1.29 is 0 Å². The summed E-state index contributed by atoms with van der Waals surface area (Å²) in [7, 11) is 0. The maximum absolute atomic E-state index is 4.53. The molecule has 3 rings (SSSR count). The van der Waals surface area contributed by atoms with Gasteiger partial charge >= 0.3 is 0 Å². The van der Waals surface area contributed by atoms with E-state index in [0.29, 0.717) is 0 Å². The molecule has 0 amide bonds. The molecule has 0 N–H and O–H groups in total. The molecule has 1 aliphatic heterocycles. The van der Waals surface area contributed by atoms with Crippen LogP contribution in [0.3, 0.4) is 0 Å². The number of halogens is 1. The molecule has 5 heteroatoms. The molecule has 0 spiro atoms. The quantitative estimate of drug-likeness (QED) is 0.854. The van der Waals surface area contributed by atoms with Gasteiger partial charge in [0, 0.05) is 31.7 Å². The van der Waals surface area contributed by atoms with Crippen molar-refractivity contribution in [3.63, 3.8) is 0 Å². The van der Waals surface area contributed by atoms with E-state index in [1.807, 2.05) is 18.6 Å². The molecule has 17 heavy (non-hydrogen) atoms. The van der Waals surface area contributed by atoms with E-state index in [-0.39, 0.29) is 0 Å². The fourth-order valence-corrected chi connectivity index (χ4v) is 2.85. The highest BCUT2D eigenvalue weighted by atomic mass is 79.9. The molecule has 1 unspecified atom stereocenters. The summed E-state index contributed by atoms with van der Waals surface area (Å²) in [6.07, 6.45) is 8.15. The Morgan fingerprint density at radius 1 is 1.47 bits per heavy atom. The van der Waals surface area contributed by atoms with Crippen LogP contribution in [0, 0.1) is 5.92 Å². The topological polar surface area (TPSA) is 33.4 Å². The summed E-state index contributed by atoms with van der Waals surface area (Å²) in [5.74, 6) is 1.82. The van der Waals surface area contributed by atoms with E-state index in [0.717, 1.165) is 35.1 Å². The fourth-order valence-electron chi connectivity index (χ4n) is 2.46. The highest BCUT2D eigenvalue weighted by molar-refractivity contribution is 9.10. The first-order valence-electron chi connectivity index (χ1n) is 6.02. The Labute approximate surface area is 109 Å². The van der Waals surface area contributed by atoms with Crippen molar-refractivity contribution in [2.45, 2.75) is 19.8 Å². The maximum Gasteiger partial charge on any atom is 0.211 e. The summed E-state index contributed by atoms with van der Waals surface area (Å²) < 4.78 is 3.00. The number of hydrogen-bond donors (Lipinski definition) is 0. The number of aromatic nitrogens is 3. The van der Waals surface area contributed by atoms with Crippen LogP contribution in [0.5, 0.6) is 0 Å². The highest BCUT2D eigenvalue weighted by Gasteiger charge is 2.24. The van der Waals surface area contributed by atoms with Gasteiger partial charge in [-0.15, -0.1) is 0 Å². The second-order valence-electron chi connectivity index (χ2n) is 4.54. The number of imidazole rings is 1. The van der Waals surface area contributed by atoms with Crippen molar-refractivity contribution in [1.29, 1.82) is 0 Å². The summed E-state index contributed by atoms with van der Waals surface area (Å²) in [5.41, 5.74) is 0.940. The van der Waals surface area contributed by atoms with E-state index in [9.17, 15) is 0 Å². The lowest BCUT2D eigenvalue weighted by Gasteiger charge is -2.18. The summed E-state index contributed by atoms with van der Waals surface area (Å²) in [6, 6.07) is 0. The molecule has 0 aromatic carbocycles. The monoisotopic (exact) mass is 294 g/mol. The lowest BCUT2D eigenvalue weighted by atomic mass is 10.1. The van der Waals surface area contributed by atoms with Crippen LogP contribution in [-0.4, -0.2) is 27.5 Å². The predicted molar refractivity (Wildman–Crippen MR) is 71.3 cm³/mol. The van der Waals surface area contributed by atoms with Gasteiger partial charge in [-0.05, 0) is 28.3 Å². The first-order chi connectivity index (χ1) is 8.29. The van der Waals surface area contributed by atoms with Crippen LogP contribution in [0.4, 0.5) is 5.95 Å². The molecule has 0 bridgehead atoms. The van der Waals surface area contributed by atoms with Crippen LogP contribution in [-0.2, 0) is 0 Å². The van der Waals surface area contributed by atoms with Crippen LogP contribution in [0.2, 0.25) is 0 Å². The average molecular weight is 295 g/mol. The zero-order valence-electron chi connectivity index (χ0n) is 9.80. The van der Waals surface area contributed by atoms with Crippen molar-refractivity contribution >= 4 is 27.5 Å². The van der Waals surface area contributed by atoms with Crippen LogP contribution in [0.25, 0.3) is 5.65 Å². The van der Waals surface area contributed by atoms with Crippen molar-refractivity contribution in [3.8, 4) is 0 Å². The number of nitrogens with zero attached hydrogens (tertiary/aromatic N) is 4. The van der Waals surface area contributed by atoms with Crippen molar-refractivity contribution in [1.82, 2.24) is 14.4 Å². The van der Waals surface area contributed by atoms with Gasteiger partial charge in [0.15, 0.2) is 5.65 Å². The number of anilines is 1. The van der Waals surface area contributed by atoms with Crippen LogP contribution >= 0.6 is 15.9 Å². The maximum atomic E-state index is 4.53. The summed E-state index contributed by atoms with van der Waals surface area (Å²) >= 11 is 3.48. The minimum atomic E-state index is 0.805. The Morgan fingerprint density at radius 2 is 2.35 bits per heavy atom. The van der Waals surface area contributed by atoms with Crippen molar-refractivity contribution in [2.24, 2.45) is 5.92 Å². The molecular weight excluding hydrogens is 280 g/mol. The third-order valence-electron chi connectivity index (χ3n) is 3.51. The molecule has 1 saturated heterocycles. The molecule has 4 nitrogen and oxygen atoms in total. The van der Waals surface area contributed by atoms with E-state index >= 15 is 0 Å². The van der Waals surface area contributed by atoms with E-state index < -0.39 is 0 Å². The smallest absolute Gasteiger partial charge is 0.211 e. The number of fused-ring (bicyclic) bond motifs is 1. The molecule has 0 saturated carbocycles. The minimum Gasteiger partial charge on any atom is -0.342 e. The Hall–Kier alpha value is -1.10. The van der Waals surface area contributed by atoms with Gasteiger partial charge in [-0.3, -0.25) is 4.40 Å². The minimum absolute atomic E-state index is 0.805. The summed E-state index contributed by atoms with van der Waals surface area (Å²) in [4.78, 5) is 11.2. The summed E-state index contributed by atoms with van der Waals surface area (Å²) in [6.45, 7) is 4.47. The third-order valence-corrected chi connectivity index (χ3v) is 4.07. The predicted octanol–water partition coefficient (Wildman–Crippen LogP) is 2.73. The van der Waals surface area contributed by atoms with Gasteiger partial charge in [-0.2, -0.15) is 0 Å². The highest BCUT2D eigenvalue weighted by Crippen LogP contribution is 2.26. The first-order valence-corrected chi connectivity index (χ1v) is 6.81. The average Bonchev–Trinajstić information content (AvgIpc) is 2.98. The van der Waals surface area contributed by atoms with Gasteiger partial charge in [0.2, 0.25) is 5.95 Å². The Kier molecular flexibility index (Phi) is 2.78. The van der Waals surface area contributed by atoms with E-state index in [1.165, 1.54) is 12.8 Å². The lowest BCUT2D eigenvalue weighted by Crippen LogP contribution is -2.23. The zero-order valence-corrected chi connectivity index (χ0v) is 11.4. The zero-order chi connectivity index (χ0) is 11.8. The largest absolute Gasteiger partial charge is 0.342 e. The van der Waals surface area contributed by atoms with Gasteiger partial charge in [-0.25, -0.2) is 9.97 Å². The van der Waals surface area contributed by atoms with Gasteiger partial charge in [0.05, 0.1) is 4.47 Å². The standard InChI is InChI=1S/C12H15BrN4/c1-2-9-3-5-16(8-9)12-15-7-10(13)11-14-4-6-17(11)12/h4,6-7,9H,2-3,5,8H2,1H3. The van der Waals surface area contributed by atoms with Gasteiger partial charge < -0.3 is 4.90 Å². The fraction of sp³-hybridized carbons (Fsp3) is 0.500. The van der Waals surface area contributed by atoms with E-state index in [1.54, 1.807) is 0 Å². The number of hydrogen-bond acceptors (Lipinski definition) is 3. The SMILES string of the molecule is CCC1CCN(c2ncc(Br)c3nccn23)C1. The molecule has 0 aliphatic carbocycles. The van der Waals surface area contributed by atoms with Crippen molar-refractivity contribution in [3.05, 3.63) is 23.1 Å². The Morgan fingerprint density at radius 3 is 3.12 bits per heavy atom.